The molecule has 0 heterocycles. The van der Waals surface area contributed by atoms with E-state index in [9.17, 15) is 39.9 Å². The maximum Gasteiger partial charge on any atom is 0.294 e. The Morgan fingerprint density at radius 1 is 0.947 bits per heavy atom. The van der Waals surface area contributed by atoms with Crippen molar-refractivity contribution in [2.45, 2.75) is 0 Å². The molecular formula is C8H3N3O8. The highest BCUT2D eigenvalue weighted by Crippen LogP contribution is 2.33. The van der Waals surface area contributed by atoms with E-state index in [2.05, 4.69) is 0 Å². The molecule has 0 aliphatic rings. The minimum Gasteiger partial charge on any atom is -0.294 e. The maximum absolute atomic E-state index is 11.2. The van der Waals surface area contributed by atoms with E-state index < -0.39 is 43.2 Å². The zero-order valence-electron chi connectivity index (χ0n) is 8.84. The van der Waals surface area contributed by atoms with Gasteiger partial charge in [0.2, 0.25) is 5.78 Å². The fourth-order valence-electron chi connectivity index (χ4n) is 1.30. The lowest BCUT2D eigenvalue weighted by atomic mass is 10.1. The molecule has 0 aliphatic carbocycles. The minimum absolute atomic E-state index is 0.346. The molecule has 0 N–H and O–H groups in total. The lowest BCUT2D eigenvalue weighted by molar-refractivity contribution is -0.403. The van der Waals surface area contributed by atoms with Crippen molar-refractivity contribution in [3.05, 3.63) is 48.0 Å². The van der Waals surface area contributed by atoms with Crippen molar-refractivity contribution in [3.8, 4) is 0 Å². The average Bonchev–Trinajstić information content (AvgIpc) is 2.35. The van der Waals surface area contributed by atoms with E-state index in [1.807, 2.05) is 0 Å². The van der Waals surface area contributed by atoms with Crippen molar-refractivity contribution < 1.29 is 24.4 Å². The van der Waals surface area contributed by atoms with Crippen LogP contribution in [-0.2, 0) is 4.79 Å². The lowest BCUT2D eigenvalue weighted by Crippen LogP contribution is -2.09. The van der Waals surface area contributed by atoms with Gasteiger partial charge in [-0.15, -0.1) is 0 Å². The van der Waals surface area contributed by atoms with Crippen molar-refractivity contribution in [1.29, 1.82) is 0 Å². The molecule has 0 radical (unpaired) electrons. The van der Waals surface area contributed by atoms with Crippen LogP contribution in [0.4, 0.5) is 17.1 Å². The third-order valence-corrected chi connectivity index (χ3v) is 2.04. The van der Waals surface area contributed by atoms with Crippen LogP contribution in [0.25, 0.3) is 0 Å². The SMILES string of the molecule is O=CC(=O)c1c([N+](=O)[O-])cc([N+](=O)[O-])cc1[N+](=O)[O-]. The number of non-ortho nitro benzene ring substituents is 1. The molecule has 0 atom stereocenters. The summed E-state index contributed by atoms with van der Waals surface area (Å²) in [6.07, 6.45) is -0.346. The fourth-order valence-corrected chi connectivity index (χ4v) is 1.30. The summed E-state index contributed by atoms with van der Waals surface area (Å²) in [6.45, 7) is 0. The predicted molar refractivity (Wildman–Crippen MR) is 56.8 cm³/mol. The van der Waals surface area contributed by atoms with E-state index >= 15 is 0 Å². The number of aldehydes is 1. The topological polar surface area (TPSA) is 164 Å². The Labute approximate surface area is 102 Å². The smallest absolute Gasteiger partial charge is 0.294 e. The van der Waals surface area contributed by atoms with E-state index in [1.165, 1.54) is 0 Å². The number of nitro benzene ring substituents is 3. The van der Waals surface area contributed by atoms with Crippen LogP contribution in [-0.4, -0.2) is 26.8 Å². The molecule has 1 rings (SSSR count). The van der Waals surface area contributed by atoms with Gasteiger partial charge in [0.05, 0.1) is 26.9 Å². The number of carbonyl (C=O) groups is 2. The van der Waals surface area contributed by atoms with E-state index in [0.717, 1.165) is 0 Å². The Bertz CT molecular complexity index is 587. The molecule has 0 saturated carbocycles. The molecule has 0 amide bonds. The third-order valence-electron chi connectivity index (χ3n) is 2.04. The van der Waals surface area contributed by atoms with Gasteiger partial charge in [0.1, 0.15) is 0 Å². The molecule has 11 nitrogen and oxygen atoms in total. The molecule has 19 heavy (non-hydrogen) atoms. The molecule has 0 saturated heterocycles. The number of nitro groups is 3. The number of hydrogen-bond donors (Lipinski definition) is 0. The molecule has 1 aromatic rings. The summed E-state index contributed by atoms with van der Waals surface area (Å²) >= 11 is 0. The fraction of sp³-hybridized carbons (Fsp3) is 0. The van der Waals surface area contributed by atoms with Gasteiger partial charge in [0, 0.05) is 0 Å². The Balaban J connectivity index is 3.80. The number of carbonyl (C=O) groups excluding carboxylic acids is 2. The van der Waals surface area contributed by atoms with E-state index in [0.29, 0.717) is 12.1 Å². The monoisotopic (exact) mass is 269 g/mol. The molecule has 1 aromatic carbocycles. The van der Waals surface area contributed by atoms with Crippen LogP contribution >= 0.6 is 0 Å². The third kappa shape index (κ3) is 2.54. The molecule has 0 spiro atoms. The summed E-state index contributed by atoms with van der Waals surface area (Å²) in [5.74, 6) is -1.51. The molecule has 0 fully saturated rings. The second kappa shape index (κ2) is 4.95. The quantitative estimate of drug-likeness (QED) is 0.249. The zero-order chi connectivity index (χ0) is 14.7. The second-order valence-corrected chi connectivity index (χ2v) is 3.11. The van der Waals surface area contributed by atoms with Crippen LogP contribution in [0.1, 0.15) is 10.4 Å². The first-order chi connectivity index (χ1) is 8.79. The molecule has 0 aliphatic heterocycles. The van der Waals surface area contributed by atoms with Crippen LogP contribution < -0.4 is 0 Å². The summed E-state index contributed by atoms with van der Waals surface area (Å²) in [6, 6.07) is 0.757. The zero-order valence-corrected chi connectivity index (χ0v) is 8.84. The summed E-state index contributed by atoms with van der Waals surface area (Å²) in [5, 5.41) is 31.9. The Morgan fingerprint density at radius 3 is 1.63 bits per heavy atom. The van der Waals surface area contributed by atoms with Crippen molar-refractivity contribution in [2.75, 3.05) is 0 Å². The first-order valence-corrected chi connectivity index (χ1v) is 4.40. The standard InChI is InChI=1S/C8H3N3O8/c12-3-7(13)8-5(10(16)17)1-4(9(14)15)2-6(8)11(18)19/h1-3H. The van der Waals surface area contributed by atoms with Gasteiger partial charge >= 0.3 is 0 Å². The molecular weight excluding hydrogens is 266 g/mol. The van der Waals surface area contributed by atoms with Crippen molar-refractivity contribution >= 4 is 29.1 Å². The lowest BCUT2D eigenvalue weighted by Gasteiger charge is -2.00. The number of Topliss-reactive ketones (excluding diaryl/α,β-unsaturated/α-hetero) is 1. The number of hydrogen-bond acceptors (Lipinski definition) is 8. The summed E-state index contributed by atoms with van der Waals surface area (Å²) in [5.41, 5.74) is -4.35. The van der Waals surface area contributed by atoms with Crippen LogP contribution in [0.3, 0.4) is 0 Å². The van der Waals surface area contributed by atoms with Gasteiger partial charge in [-0.1, -0.05) is 0 Å². The Kier molecular flexibility index (Phi) is 3.60. The summed E-state index contributed by atoms with van der Waals surface area (Å²) in [4.78, 5) is 49.9. The van der Waals surface area contributed by atoms with Crippen LogP contribution in [0.5, 0.6) is 0 Å². The van der Waals surface area contributed by atoms with Gasteiger partial charge in [0.15, 0.2) is 11.8 Å². The van der Waals surface area contributed by atoms with Crippen LogP contribution in [0, 0.1) is 30.3 Å². The van der Waals surface area contributed by atoms with Gasteiger partial charge in [-0.2, -0.15) is 0 Å². The molecule has 0 aromatic heterocycles. The van der Waals surface area contributed by atoms with Gasteiger partial charge in [-0.3, -0.25) is 39.9 Å². The maximum atomic E-state index is 11.2. The molecule has 98 valence electrons. The van der Waals surface area contributed by atoms with Gasteiger partial charge in [-0.25, -0.2) is 0 Å². The van der Waals surface area contributed by atoms with E-state index in [-0.39, 0.29) is 6.29 Å². The number of nitrogens with zero attached hydrogens (tertiary/aromatic N) is 3. The molecule has 0 unspecified atom stereocenters. The van der Waals surface area contributed by atoms with Gasteiger partial charge in [0.25, 0.3) is 17.1 Å². The predicted octanol–water partition coefficient (Wildman–Crippen LogP) is 0.793. The van der Waals surface area contributed by atoms with Crippen LogP contribution in [0.15, 0.2) is 12.1 Å². The van der Waals surface area contributed by atoms with Crippen molar-refractivity contribution in [2.24, 2.45) is 0 Å². The normalized spacial score (nSPS) is 9.68. The van der Waals surface area contributed by atoms with Gasteiger partial charge < -0.3 is 0 Å². The van der Waals surface area contributed by atoms with Crippen molar-refractivity contribution in [1.82, 2.24) is 0 Å². The number of benzene rings is 1. The largest absolute Gasteiger partial charge is 0.294 e. The second-order valence-electron chi connectivity index (χ2n) is 3.11. The van der Waals surface area contributed by atoms with Crippen molar-refractivity contribution in [3.63, 3.8) is 0 Å². The van der Waals surface area contributed by atoms with Gasteiger partial charge in [-0.05, 0) is 0 Å². The van der Waals surface area contributed by atoms with E-state index in [4.69, 9.17) is 0 Å². The average molecular weight is 269 g/mol. The Hall–Kier alpha value is -3.24. The minimum atomic E-state index is -1.51. The summed E-state index contributed by atoms with van der Waals surface area (Å²) in [7, 11) is 0. The molecule has 0 bridgehead atoms. The number of rotatable bonds is 5. The van der Waals surface area contributed by atoms with Crippen LogP contribution in [0.2, 0.25) is 0 Å². The first-order valence-electron chi connectivity index (χ1n) is 4.40. The highest BCUT2D eigenvalue weighted by molar-refractivity contribution is 6.35. The highest BCUT2D eigenvalue weighted by Gasteiger charge is 2.34. The molecule has 11 heteroatoms. The Morgan fingerprint density at radius 2 is 1.37 bits per heavy atom. The first kappa shape index (κ1) is 13.8. The van der Waals surface area contributed by atoms with E-state index in [1.54, 1.807) is 0 Å². The summed E-state index contributed by atoms with van der Waals surface area (Å²) < 4.78 is 0. The number of ketones is 1. The highest BCUT2D eigenvalue weighted by atomic mass is 16.6.